The van der Waals surface area contributed by atoms with Gasteiger partial charge in [-0.1, -0.05) is 12.1 Å². The molecule has 0 bridgehead atoms. The lowest BCUT2D eigenvalue weighted by Crippen LogP contribution is -2.09. The molecule has 0 radical (unpaired) electrons. The van der Waals surface area contributed by atoms with E-state index in [1.165, 1.54) is 24.5 Å². The summed E-state index contributed by atoms with van der Waals surface area (Å²) in [4.78, 5) is 0. The third-order valence-electron chi connectivity index (χ3n) is 4.65. The smallest absolute Gasteiger partial charge is 0.416 e. The number of furan rings is 1. The van der Waals surface area contributed by atoms with Crippen LogP contribution in [-0.2, 0) is 12.6 Å². The zero-order valence-electron chi connectivity index (χ0n) is 13.8. The van der Waals surface area contributed by atoms with Crippen LogP contribution >= 0.6 is 0 Å². The number of alkyl halides is 3. The Morgan fingerprint density at radius 1 is 0.926 bits per heavy atom. The first-order valence-electron chi connectivity index (χ1n) is 8.05. The zero-order valence-corrected chi connectivity index (χ0v) is 13.8. The normalized spacial score (nSPS) is 13.9. The topological polar surface area (TPSA) is 79.6 Å². The molecule has 0 aliphatic heterocycles. The number of fused-ring (bicyclic) bond motifs is 1. The van der Waals surface area contributed by atoms with Crippen molar-refractivity contribution < 1.29 is 27.8 Å². The molecule has 0 fully saturated rings. The van der Waals surface area contributed by atoms with Gasteiger partial charge in [0.1, 0.15) is 11.5 Å². The summed E-state index contributed by atoms with van der Waals surface area (Å²) in [6, 6.07) is 9.79. The minimum absolute atomic E-state index is 0.00911. The van der Waals surface area contributed by atoms with E-state index in [1.54, 1.807) is 18.2 Å². The average Bonchev–Trinajstić information content (AvgIpc) is 3.17. The summed E-state index contributed by atoms with van der Waals surface area (Å²) in [6.45, 7) is 0. The summed E-state index contributed by atoms with van der Waals surface area (Å²) < 4.78 is 45.8. The van der Waals surface area contributed by atoms with E-state index >= 15 is 0 Å². The third-order valence-corrected chi connectivity index (χ3v) is 4.65. The molecule has 0 unspecified atom stereocenters. The molecule has 2 aromatic carbocycles. The van der Waals surface area contributed by atoms with Crippen LogP contribution in [0.25, 0.3) is 11.1 Å². The molecule has 0 saturated carbocycles. The van der Waals surface area contributed by atoms with E-state index in [4.69, 9.17) is 10.2 Å². The second kappa shape index (κ2) is 5.84. The maximum absolute atomic E-state index is 13.5. The highest BCUT2D eigenvalue weighted by molar-refractivity contribution is 6.06. The number of phenolic OH excluding ortho intramolecular Hbond substituents is 2. The van der Waals surface area contributed by atoms with Gasteiger partial charge in [0.2, 0.25) is 0 Å². The highest BCUT2D eigenvalue weighted by atomic mass is 19.4. The maximum Gasteiger partial charge on any atom is 0.416 e. The second-order valence-electron chi connectivity index (χ2n) is 6.29. The van der Waals surface area contributed by atoms with Crippen molar-refractivity contribution in [3.63, 3.8) is 0 Å². The Balaban J connectivity index is 2.01. The van der Waals surface area contributed by atoms with Gasteiger partial charge in [0.25, 0.3) is 0 Å². The van der Waals surface area contributed by atoms with E-state index in [9.17, 15) is 23.4 Å². The molecule has 4 nitrogen and oxygen atoms in total. The van der Waals surface area contributed by atoms with Crippen LogP contribution in [0.5, 0.6) is 11.5 Å². The largest absolute Gasteiger partial charge is 0.508 e. The number of rotatable bonds is 2. The summed E-state index contributed by atoms with van der Waals surface area (Å²) in [5, 5.41) is 19.4. The van der Waals surface area contributed by atoms with Crippen molar-refractivity contribution in [2.45, 2.75) is 12.6 Å². The van der Waals surface area contributed by atoms with Gasteiger partial charge in [-0.3, -0.25) is 0 Å². The summed E-state index contributed by atoms with van der Waals surface area (Å²) in [7, 11) is 0. The number of halogens is 3. The van der Waals surface area contributed by atoms with E-state index in [1.807, 2.05) is 0 Å². The van der Waals surface area contributed by atoms with Crippen molar-refractivity contribution >= 4 is 17.0 Å². The molecule has 138 valence electrons. The predicted octanol–water partition coefficient (Wildman–Crippen LogP) is 4.81. The van der Waals surface area contributed by atoms with Gasteiger partial charge in [0, 0.05) is 5.56 Å². The van der Waals surface area contributed by atoms with Crippen LogP contribution in [0.1, 0.15) is 27.8 Å². The van der Waals surface area contributed by atoms with Crippen LogP contribution in [-0.4, -0.2) is 10.2 Å². The maximum atomic E-state index is 13.5. The lowest BCUT2D eigenvalue weighted by molar-refractivity contribution is -0.138. The number of hydrogen-bond acceptors (Lipinski definition) is 4. The first kappa shape index (κ1) is 17.1. The molecular formula is C20H14F3NO3. The van der Waals surface area contributed by atoms with E-state index in [0.717, 1.165) is 6.07 Å². The van der Waals surface area contributed by atoms with Crippen LogP contribution in [0.15, 0.2) is 53.1 Å². The highest BCUT2D eigenvalue weighted by Crippen LogP contribution is 2.49. The molecule has 0 atom stereocenters. The van der Waals surface area contributed by atoms with E-state index < -0.39 is 17.5 Å². The first-order valence-corrected chi connectivity index (χ1v) is 8.05. The Morgan fingerprint density at radius 2 is 1.63 bits per heavy atom. The zero-order chi connectivity index (χ0) is 19.3. The van der Waals surface area contributed by atoms with Crippen LogP contribution in [0.2, 0.25) is 0 Å². The van der Waals surface area contributed by atoms with Gasteiger partial charge >= 0.3 is 6.18 Å². The fourth-order valence-corrected chi connectivity index (χ4v) is 3.50. The number of hydrogen-bond donors (Lipinski definition) is 3. The van der Waals surface area contributed by atoms with Gasteiger partial charge in [-0.15, -0.1) is 0 Å². The molecule has 1 aliphatic carbocycles. The Kier molecular flexibility index (Phi) is 3.69. The quantitative estimate of drug-likeness (QED) is 0.602. The molecule has 0 spiro atoms. The first-order chi connectivity index (χ1) is 12.8. The van der Waals surface area contributed by atoms with Gasteiger partial charge in [0.05, 0.1) is 11.8 Å². The lowest BCUT2D eigenvalue weighted by Gasteiger charge is -2.14. The van der Waals surface area contributed by atoms with Gasteiger partial charge in [-0.2, -0.15) is 13.2 Å². The number of nitrogens with two attached hydrogens (primary N) is 1. The van der Waals surface area contributed by atoms with Crippen LogP contribution in [0, 0.1) is 0 Å². The van der Waals surface area contributed by atoms with E-state index in [2.05, 4.69) is 0 Å². The molecule has 0 amide bonds. The molecule has 4 rings (SSSR count). The van der Waals surface area contributed by atoms with Crippen LogP contribution < -0.4 is 5.73 Å². The van der Waals surface area contributed by atoms with E-state index in [-0.39, 0.29) is 29.2 Å². The monoisotopic (exact) mass is 373 g/mol. The summed E-state index contributed by atoms with van der Waals surface area (Å²) in [5.41, 5.74) is 7.51. The Morgan fingerprint density at radius 3 is 2.22 bits per heavy atom. The Labute approximate surface area is 152 Å². The molecule has 3 aromatic rings. The molecule has 4 N–H and O–H groups in total. The van der Waals surface area contributed by atoms with Crippen LogP contribution in [0.3, 0.4) is 0 Å². The molecule has 1 heterocycles. The summed E-state index contributed by atoms with van der Waals surface area (Å²) in [5.74, 6) is -0.355. The fraction of sp³-hybridized carbons (Fsp3) is 0.100. The molecule has 27 heavy (non-hydrogen) atoms. The average molecular weight is 373 g/mol. The molecular weight excluding hydrogens is 359 g/mol. The van der Waals surface area contributed by atoms with Gasteiger partial charge in [-0.25, -0.2) is 0 Å². The molecule has 1 aromatic heterocycles. The van der Waals surface area contributed by atoms with Crippen molar-refractivity contribution in [2.75, 3.05) is 5.73 Å². The number of phenols is 2. The highest BCUT2D eigenvalue weighted by Gasteiger charge is 2.38. The second-order valence-corrected chi connectivity index (χ2v) is 6.29. The third kappa shape index (κ3) is 2.81. The standard InChI is InChI=1S/C20H14F3NO3/c21-20(22,23)17-8-12(26)7-16-15(17)9-14(10-1-3-11(25)4-2-10)18(16)13-5-6-27-19(13)24/h1-8,25-26H,9,24H2. The summed E-state index contributed by atoms with van der Waals surface area (Å²) >= 11 is 0. The van der Waals surface area contributed by atoms with Crippen molar-refractivity contribution in [3.8, 4) is 11.5 Å². The van der Waals surface area contributed by atoms with Crippen molar-refractivity contribution in [2.24, 2.45) is 0 Å². The summed E-state index contributed by atoms with van der Waals surface area (Å²) in [6.07, 6.45) is -3.24. The Bertz CT molecular complexity index is 1060. The van der Waals surface area contributed by atoms with Crippen LogP contribution in [0.4, 0.5) is 19.1 Å². The van der Waals surface area contributed by atoms with Crippen molar-refractivity contribution in [1.82, 2.24) is 0 Å². The van der Waals surface area contributed by atoms with Gasteiger partial charge in [-0.05, 0) is 64.6 Å². The number of nitrogen functional groups attached to an aromatic ring is 1. The Hall–Kier alpha value is -3.35. The fourth-order valence-electron chi connectivity index (χ4n) is 3.50. The molecule has 7 heteroatoms. The van der Waals surface area contributed by atoms with Gasteiger partial charge < -0.3 is 20.4 Å². The van der Waals surface area contributed by atoms with E-state index in [0.29, 0.717) is 22.3 Å². The molecule has 1 aliphatic rings. The minimum Gasteiger partial charge on any atom is -0.508 e. The minimum atomic E-state index is -4.61. The number of anilines is 1. The van der Waals surface area contributed by atoms with Crippen molar-refractivity contribution in [1.29, 1.82) is 0 Å². The SMILES string of the molecule is Nc1occc1C1=C(c2ccc(O)cc2)Cc2c1cc(O)cc2C(F)(F)F. The molecule has 0 saturated heterocycles. The van der Waals surface area contributed by atoms with Crippen molar-refractivity contribution in [3.05, 3.63) is 76.5 Å². The number of aromatic hydroxyl groups is 2. The predicted molar refractivity (Wildman–Crippen MR) is 94.0 cm³/mol. The number of benzene rings is 2. The van der Waals surface area contributed by atoms with Gasteiger partial charge in [0.15, 0.2) is 5.88 Å². The lowest BCUT2D eigenvalue weighted by atomic mass is 9.95. The number of allylic oxidation sites excluding steroid dienone is 1.